The van der Waals surface area contributed by atoms with Crippen LogP contribution in [0.15, 0.2) is 11.1 Å². The lowest BCUT2D eigenvalue weighted by molar-refractivity contribution is -0.174. The van der Waals surface area contributed by atoms with E-state index in [4.69, 9.17) is 14.2 Å². The molecule has 2 aliphatic heterocycles. The topological polar surface area (TPSA) is 102 Å². The van der Waals surface area contributed by atoms with Gasteiger partial charge in [-0.25, -0.2) is 4.79 Å². The van der Waals surface area contributed by atoms with Gasteiger partial charge in [0, 0.05) is 12.8 Å². The molecule has 220 valence electrons. The second-order valence-corrected chi connectivity index (χ2v) is 15.4. The zero-order valence-corrected chi connectivity index (χ0v) is 25.0. The minimum atomic E-state index is -0.577. The first kappa shape index (κ1) is 27.3. The smallest absolute Gasteiger partial charge is 0.336 e. The van der Waals surface area contributed by atoms with E-state index in [2.05, 4.69) is 20.8 Å². The molecule has 6 fully saturated rings. The molecule has 0 radical (unpaired) electrons. The van der Waals surface area contributed by atoms with Crippen molar-refractivity contribution in [2.45, 2.75) is 123 Å². The van der Waals surface area contributed by atoms with Gasteiger partial charge in [0.1, 0.15) is 23.6 Å². The van der Waals surface area contributed by atoms with Crippen LogP contribution in [0.3, 0.4) is 0 Å². The average molecular weight is 555 g/mol. The minimum absolute atomic E-state index is 0.0211. The van der Waals surface area contributed by atoms with Crippen LogP contribution in [-0.2, 0) is 28.6 Å². The number of carbonyl (C=O) groups is 3. The maximum absolute atomic E-state index is 13.9. The number of epoxide rings is 1. The highest BCUT2D eigenvalue weighted by molar-refractivity contribution is 6.05. The maximum atomic E-state index is 13.9. The van der Waals surface area contributed by atoms with Gasteiger partial charge in [0.15, 0.2) is 5.78 Å². The number of aliphatic hydroxyl groups is 1. The molecule has 0 aromatic heterocycles. The fraction of sp³-hybridized carbons (Fsp3) is 0.848. The Labute approximate surface area is 237 Å². The summed E-state index contributed by atoms with van der Waals surface area (Å²) in [6.45, 7) is 12.5. The molecule has 5 aliphatic carbocycles. The number of esters is 1. The van der Waals surface area contributed by atoms with E-state index < -0.39 is 16.4 Å². The van der Waals surface area contributed by atoms with E-state index in [9.17, 15) is 19.5 Å². The molecule has 0 aromatic rings. The summed E-state index contributed by atoms with van der Waals surface area (Å²) in [5, 5.41) is 9.60. The van der Waals surface area contributed by atoms with E-state index in [0.717, 1.165) is 37.7 Å². The van der Waals surface area contributed by atoms with Crippen molar-refractivity contribution < 1.29 is 33.7 Å². The number of ketones is 2. The van der Waals surface area contributed by atoms with Gasteiger partial charge in [0.25, 0.3) is 0 Å². The van der Waals surface area contributed by atoms with Crippen molar-refractivity contribution in [2.75, 3.05) is 6.61 Å². The molecule has 5 saturated carbocycles. The SMILES string of the molecule is CC1=C(CO)C(=O)O[C@@H]([C@@H](C)[C@H]2CC[C@H]3[C@@H]4C[C@H]5O[C@@]56[C@@H](OC5C(=O)C5(C)C)CCC(=O)[C@]6(C)[C@H]4CC[C@]23C)C1. The second-order valence-electron chi connectivity index (χ2n) is 15.4. The van der Waals surface area contributed by atoms with Crippen molar-refractivity contribution in [3.8, 4) is 0 Å². The Morgan fingerprint density at radius 3 is 2.42 bits per heavy atom. The van der Waals surface area contributed by atoms with Gasteiger partial charge in [-0.15, -0.1) is 0 Å². The second kappa shape index (κ2) is 8.50. The fourth-order valence-corrected chi connectivity index (χ4v) is 11.1. The number of hydrogen-bond donors (Lipinski definition) is 1. The van der Waals surface area contributed by atoms with Crippen LogP contribution in [-0.4, -0.2) is 59.3 Å². The van der Waals surface area contributed by atoms with Crippen molar-refractivity contribution in [3.63, 3.8) is 0 Å². The standard InChI is InChI=1S/C33H46O7/c1-16-13-23(38-29(37)19(16)15-34)17(2)20-7-8-21-18-14-26-33(40-26)25(39-28-27(36)30(28,3)4)10-9-24(35)32(33,6)22(18)11-12-31(20,21)5/h17-18,20-23,25-26,28,34H,7-15H2,1-6H3/t17-,18-,20+,21-,22-,23+,25-,26+,28?,31+,32-,33-/m0/s1. The third-order valence-corrected chi connectivity index (χ3v) is 13.7. The van der Waals surface area contributed by atoms with Crippen LogP contribution in [0.1, 0.15) is 92.9 Å². The van der Waals surface area contributed by atoms with Crippen LogP contribution in [0.4, 0.5) is 0 Å². The van der Waals surface area contributed by atoms with Gasteiger partial charge in [-0.05, 0) is 101 Å². The fourth-order valence-electron chi connectivity index (χ4n) is 11.1. The zero-order chi connectivity index (χ0) is 28.6. The van der Waals surface area contributed by atoms with Crippen molar-refractivity contribution in [1.29, 1.82) is 0 Å². The number of ether oxygens (including phenoxy) is 3. The summed E-state index contributed by atoms with van der Waals surface area (Å²) in [5.41, 5.74) is -0.0870. The number of hydrogen-bond acceptors (Lipinski definition) is 7. The first-order valence-corrected chi connectivity index (χ1v) is 15.7. The number of cyclic esters (lactones) is 1. The van der Waals surface area contributed by atoms with Gasteiger partial charge in [-0.3, -0.25) is 9.59 Å². The maximum Gasteiger partial charge on any atom is 0.336 e. The number of fused-ring (bicyclic) bond motifs is 4. The first-order valence-electron chi connectivity index (χ1n) is 15.7. The first-order chi connectivity index (χ1) is 18.8. The van der Waals surface area contributed by atoms with E-state index in [0.29, 0.717) is 48.4 Å². The van der Waals surface area contributed by atoms with Crippen molar-refractivity contribution in [1.82, 2.24) is 0 Å². The van der Waals surface area contributed by atoms with Crippen molar-refractivity contribution in [2.24, 2.45) is 45.8 Å². The lowest BCUT2D eigenvalue weighted by atomic mass is 9.43. The molecule has 0 aromatic carbocycles. The highest BCUT2D eigenvalue weighted by Gasteiger charge is 2.82. The van der Waals surface area contributed by atoms with Crippen LogP contribution in [0.5, 0.6) is 0 Å². The highest BCUT2D eigenvalue weighted by Crippen LogP contribution is 2.74. The van der Waals surface area contributed by atoms with Crippen LogP contribution in [0.2, 0.25) is 0 Å². The Morgan fingerprint density at radius 2 is 1.77 bits per heavy atom. The molecule has 0 bridgehead atoms. The molecule has 1 unspecified atom stereocenters. The van der Waals surface area contributed by atoms with Crippen LogP contribution < -0.4 is 0 Å². The molecule has 0 amide bonds. The average Bonchev–Trinajstić information content (AvgIpc) is 3.68. The highest BCUT2D eigenvalue weighted by atomic mass is 16.6. The molecule has 7 aliphatic rings. The molecule has 2 heterocycles. The summed E-state index contributed by atoms with van der Waals surface area (Å²) in [7, 11) is 0. The van der Waals surface area contributed by atoms with Gasteiger partial charge in [-0.1, -0.05) is 19.4 Å². The zero-order valence-electron chi connectivity index (χ0n) is 25.0. The van der Waals surface area contributed by atoms with Gasteiger partial charge >= 0.3 is 5.97 Å². The Hall–Kier alpha value is -1.57. The molecule has 7 heteroatoms. The largest absolute Gasteiger partial charge is 0.458 e. The van der Waals surface area contributed by atoms with E-state index in [-0.39, 0.29) is 60.0 Å². The molecular formula is C33H46O7. The minimum Gasteiger partial charge on any atom is -0.458 e. The molecule has 7 rings (SSSR count). The lowest BCUT2D eigenvalue weighted by Gasteiger charge is -2.59. The third-order valence-electron chi connectivity index (χ3n) is 13.7. The Bertz CT molecular complexity index is 1200. The summed E-state index contributed by atoms with van der Waals surface area (Å²) in [6.07, 6.45) is 6.42. The van der Waals surface area contributed by atoms with Crippen LogP contribution in [0.25, 0.3) is 0 Å². The molecule has 12 atom stereocenters. The quantitative estimate of drug-likeness (QED) is 0.392. The number of Topliss-reactive ketones (excluding diaryl/α,β-unsaturated/α-hetero) is 2. The van der Waals surface area contributed by atoms with E-state index in [1.54, 1.807) is 0 Å². The number of rotatable bonds is 5. The Balaban J connectivity index is 1.13. The van der Waals surface area contributed by atoms with E-state index >= 15 is 0 Å². The number of aliphatic hydroxyl groups excluding tert-OH is 1. The van der Waals surface area contributed by atoms with Crippen LogP contribution in [0, 0.1) is 45.8 Å². The summed E-state index contributed by atoms with van der Waals surface area (Å²) < 4.78 is 19.0. The summed E-state index contributed by atoms with van der Waals surface area (Å²) >= 11 is 0. The molecule has 40 heavy (non-hydrogen) atoms. The molecular weight excluding hydrogens is 508 g/mol. The van der Waals surface area contributed by atoms with Gasteiger partial charge in [0.2, 0.25) is 0 Å². The summed E-state index contributed by atoms with van der Waals surface area (Å²) in [5.74, 6) is 2.01. The van der Waals surface area contributed by atoms with Crippen molar-refractivity contribution >= 4 is 17.5 Å². The van der Waals surface area contributed by atoms with Gasteiger partial charge < -0.3 is 19.3 Å². The molecule has 1 spiro atoms. The predicted molar refractivity (Wildman–Crippen MR) is 146 cm³/mol. The molecule has 1 N–H and O–H groups in total. The van der Waals surface area contributed by atoms with E-state index in [1.807, 2.05) is 20.8 Å². The summed E-state index contributed by atoms with van der Waals surface area (Å²) in [4.78, 5) is 38.9. The Morgan fingerprint density at radius 1 is 1.05 bits per heavy atom. The third kappa shape index (κ3) is 3.26. The van der Waals surface area contributed by atoms with Gasteiger partial charge in [0.05, 0.1) is 35.2 Å². The normalized spacial score (nSPS) is 51.3. The molecule has 1 saturated heterocycles. The summed E-state index contributed by atoms with van der Waals surface area (Å²) in [6, 6.07) is 0. The van der Waals surface area contributed by atoms with Gasteiger partial charge in [-0.2, -0.15) is 0 Å². The van der Waals surface area contributed by atoms with E-state index in [1.165, 1.54) is 0 Å². The van der Waals surface area contributed by atoms with Crippen molar-refractivity contribution in [3.05, 3.63) is 11.1 Å². The predicted octanol–water partition coefficient (Wildman–Crippen LogP) is 4.58. The monoisotopic (exact) mass is 554 g/mol. The lowest BCUT2D eigenvalue weighted by Crippen LogP contribution is -2.65. The number of carbonyl (C=O) groups excluding carboxylic acids is 3. The Kier molecular flexibility index (Phi) is 5.80. The van der Waals surface area contributed by atoms with Crippen LogP contribution >= 0.6 is 0 Å². The molecule has 7 nitrogen and oxygen atoms in total.